The predicted octanol–water partition coefficient (Wildman–Crippen LogP) is 2.76. The normalized spacial score (nSPS) is 16.7. The van der Waals surface area contributed by atoms with Crippen LogP contribution in [0.4, 0.5) is 10.1 Å². The van der Waals surface area contributed by atoms with Crippen molar-refractivity contribution in [3.8, 4) is 5.75 Å². The summed E-state index contributed by atoms with van der Waals surface area (Å²) in [5.41, 5.74) is 0.952. The number of halogens is 1. The van der Waals surface area contributed by atoms with Crippen LogP contribution < -0.4 is 9.64 Å². The Hall–Kier alpha value is -1.29. The molecule has 0 amide bonds. The van der Waals surface area contributed by atoms with E-state index in [1.807, 2.05) is 6.07 Å². The lowest BCUT2D eigenvalue weighted by molar-refractivity contribution is 0.294. The summed E-state index contributed by atoms with van der Waals surface area (Å²) >= 11 is 0. The molecule has 3 nitrogen and oxygen atoms in total. The van der Waals surface area contributed by atoms with Crippen molar-refractivity contribution in [1.82, 2.24) is 4.90 Å². The van der Waals surface area contributed by atoms with Crippen molar-refractivity contribution in [3.05, 3.63) is 24.0 Å². The highest BCUT2D eigenvalue weighted by Gasteiger charge is 2.15. The van der Waals surface area contributed by atoms with Crippen molar-refractivity contribution >= 4 is 5.69 Å². The number of hydrogen-bond acceptors (Lipinski definition) is 3. The third kappa shape index (κ3) is 3.83. The van der Waals surface area contributed by atoms with Gasteiger partial charge in [0.1, 0.15) is 0 Å². The van der Waals surface area contributed by atoms with Crippen LogP contribution in [0.5, 0.6) is 5.75 Å². The van der Waals surface area contributed by atoms with E-state index < -0.39 is 0 Å². The highest BCUT2D eigenvalue weighted by atomic mass is 19.1. The minimum atomic E-state index is -0.257. The first kappa shape index (κ1) is 14.1. The third-order valence-corrected chi connectivity index (χ3v) is 3.54. The number of anilines is 1. The van der Waals surface area contributed by atoms with E-state index in [2.05, 4.69) is 23.8 Å². The van der Waals surface area contributed by atoms with Gasteiger partial charge in [-0.1, -0.05) is 13.3 Å². The highest BCUT2D eigenvalue weighted by molar-refractivity contribution is 5.50. The fourth-order valence-corrected chi connectivity index (χ4v) is 2.19. The molecular formula is C15H23FN2O. The number of ether oxygens (including phenoxy) is 1. The molecule has 2 rings (SSSR count). The first-order valence-electron chi connectivity index (χ1n) is 7.06. The van der Waals surface area contributed by atoms with Crippen molar-refractivity contribution in [2.24, 2.45) is 0 Å². The van der Waals surface area contributed by atoms with Gasteiger partial charge in [-0.2, -0.15) is 0 Å². The Morgan fingerprint density at radius 1 is 1.21 bits per heavy atom. The number of benzene rings is 1. The summed E-state index contributed by atoms with van der Waals surface area (Å²) in [5.74, 6) is 0.110. The van der Waals surface area contributed by atoms with Gasteiger partial charge in [0.15, 0.2) is 11.6 Å². The van der Waals surface area contributed by atoms with E-state index in [9.17, 15) is 4.39 Å². The average molecular weight is 266 g/mol. The third-order valence-electron chi connectivity index (χ3n) is 3.54. The van der Waals surface area contributed by atoms with Crippen molar-refractivity contribution < 1.29 is 9.13 Å². The summed E-state index contributed by atoms with van der Waals surface area (Å²) in [5, 5.41) is 0. The number of unbranched alkanes of at least 4 members (excludes halogenated alkanes) is 1. The predicted molar refractivity (Wildman–Crippen MR) is 76.5 cm³/mol. The number of hydrogen-bond donors (Lipinski definition) is 0. The number of nitrogens with zero attached hydrogens (tertiary/aromatic N) is 2. The first-order chi connectivity index (χ1) is 9.20. The summed E-state index contributed by atoms with van der Waals surface area (Å²) < 4.78 is 19.4. The van der Waals surface area contributed by atoms with Crippen LogP contribution in [0, 0.1) is 5.82 Å². The number of likely N-dealkylation sites (N-methyl/N-ethyl adjacent to an activating group) is 1. The Morgan fingerprint density at radius 2 is 1.95 bits per heavy atom. The van der Waals surface area contributed by atoms with Crippen LogP contribution in [-0.2, 0) is 0 Å². The van der Waals surface area contributed by atoms with E-state index in [1.165, 1.54) is 0 Å². The second-order valence-corrected chi connectivity index (χ2v) is 5.11. The molecule has 1 aromatic carbocycles. The number of piperazine rings is 1. The maximum Gasteiger partial charge on any atom is 0.167 e. The Morgan fingerprint density at radius 3 is 2.58 bits per heavy atom. The molecule has 0 spiro atoms. The minimum Gasteiger partial charge on any atom is -0.491 e. The van der Waals surface area contributed by atoms with Gasteiger partial charge in [-0.25, -0.2) is 4.39 Å². The molecule has 1 aliphatic rings. The molecule has 0 bridgehead atoms. The van der Waals surface area contributed by atoms with Gasteiger partial charge >= 0.3 is 0 Å². The zero-order chi connectivity index (χ0) is 13.7. The average Bonchev–Trinajstić information content (AvgIpc) is 2.42. The van der Waals surface area contributed by atoms with Gasteiger partial charge in [0.25, 0.3) is 0 Å². The van der Waals surface area contributed by atoms with Crippen LogP contribution in [0.25, 0.3) is 0 Å². The Kier molecular flexibility index (Phi) is 5.02. The molecule has 0 atom stereocenters. The Balaban J connectivity index is 1.98. The quantitative estimate of drug-likeness (QED) is 0.762. The Bertz CT molecular complexity index is 403. The van der Waals surface area contributed by atoms with Crippen molar-refractivity contribution in [2.45, 2.75) is 19.8 Å². The van der Waals surface area contributed by atoms with Gasteiger partial charge in [-0.15, -0.1) is 0 Å². The molecule has 1 saturated heterocycles. The van der Waals surface area contributed by atoms with Crippen LogP contribution in [0.3, 0.4) is 0 Å². The smallest absolute Gasteiger partial charge is 0.167 e. The van der Waals surface area contributed by atoms with E-state index in [0.29, 0.717) is 12.4 Å². The SMILES string of the molecule is CCCCOc1ccc(N2CCN(C)CC2)cc1F. The van der Waals surface area contributed by atoms with Gasteiger partial charge in [-0.3, -0.25) is 0 Å². The summed E-state index contributed by atoms with van der Waals surface area (Å²) in [6, 6.07) is 5.29. The van der Waals surface area contributed by atoms with E-state index in [0.717, 1.165) is 44.7 Å². The Labute approximate surface area is 115 Å². The topological polar surface area (TPSA) is 15.7 Å². The second kappa shape index (κ2) is 6.75. The van der Waals surface area contributed by atoms with Gasteiger partial charge in [0, 0.05) is 37.9 Å². The maximum absolute atomic E-state index is 13.9. The van der Waals surface area contributed by atoms with Crippen molar-refractivity contribution in [1.29, 1.82) is 0 Å². The largest absolute Gasteiger partial charge is 0.491 e. The lowest BCUT2D eigenvalue weighted by atomic mass is 10.2. The van der Waals surface area contributed by atoms with E-state index in [-0.39, 0.29) is 5.82 Å². The summed E-state index contributed by atoms with van der Waals surface area (Å²) in [6.07, 6.45) is 2.01. The lowest BCUT2D eigenvalue weighted by Crippen LogP contribution is -2.44. The minimum absolute atomic E-state index is 0.257. The number of rotatable bonds is 5. The molecule has 0 radical (unpaired) electrons. The van der Waals surface area contributed by atoms with E-state index in [1.54, 1.807) is 12.1 Å². The molecule has 19 heavy (non-hydrogen) atoms. The molecule has 1 heterocycles. The summed E-state index contributed by atoms with van der Waals surface area (Å²) in [4.78, 5) is 4.51. The molecule has 0 unspecified atom stereocenters. The van der Waals surface area contributed by atoms with Crippen molar-refractivity contribution in [2.75, 3.05) is 44.7 Å². The molecule has 0 aliphatic carbocycles. The standard InChI is InChI=1S/C15H23FN2O/c1-3-4-11-19-15-6-5-13(12-14(15)16)18-9-7-17(2)8-10-18/h5-6,12H,3-4,7-11H2,1-2H3. The van der Waals surface area contributed by atoms with Crippen LogP contribution in [-0.4, -0.2) is 44.7 Å². The second-order valence-electron chi connectivity index (χ2n) is 5.11. The van der Waals surface area contributed by atoms with Crippen molar-refractivity contribution in [3.63, 3.8) is 0 Å². The molecule has 106 valence electrons. The molecule has 1 aliphatic heterocycles. The van der Waals surface area contributed by atoms with E-state index >= 15 is 0 Å². The molecule has 0 N–H and O–H groups in total. The fraction of sp³-hybridized carbons (Fsp3) is 0.600. The summed E-state index contributed by atoms with van der Waals surface area (Å²) in [7, 11) is 2.11. The van der Waals surface area contributed by atoms with Gasteiger partial charge in [0.2, 0.25) is 0 Å². The van der Waals surface area contributed by atoms with Crippen LogP contribution in [0.1, 0.15) is 19.8 Å². The molecule has 0 saturated carbocycles. The maximum atomic E-state index is 13.9. The highest BCUT2D eigenvalue weighted by Crippen LogP contribution is 2.24. The zero-order valence-electron chi connectivity index (χ0n) is 11.9. The molecule has 0 aromatic heterocycles. The van der Waals surface area contributed by atoms with Gasteiger partial charge < -0.3 is 14.5 Å². The van der Waals surface area contributed by atoms with Crippen LogP contribution in [0.2, 0.25) is 0 Å². The molecule has 1 aromatic rings. The molecule has 4 heteroatoms. The van der Waals surface area contributed by atoms with Gasteiger partial charge in [0.05, 0.1) is 6.61 Å². The first-order valence-corrected chi connectivity index (χ1v) is 7.06. The zero-order valence-corrected chi connectivity index (χ0v) is 11.9. The monoisotopic (exact) mass is 266 g/mol. The van der Waals surface area contributed by atoms with Crippen LogP contribution in [0.15, 0.2) is 18.2 Å². The fourth-order valence-electron chi connectivity index (χ4n) is 2.19. The lowest BCUT2D eigenvalue weighted by Gasteiger charge is -2.34. The molecule has 1 fully saturated rings. The molecular weight excluding hydrogens is 243 g/mol. The van der Waals surface area contributed by atoms with E-state index in [4.69, 9.17) is 4.74 Å². The van der Waals surface area contributed by atoms with Gasteiger partial charge in [-0.05, 0) is 25.6 Å². The van der Waals surface area contributed by atoms with Crippen LogP contribution >= 0.6 is 0 Å². The summed E-state index contributed by atoms with van der Waals surface area (Å²) in [6.45, 7) is 6.63.